The number of nitrogens with two attached hydrogens (primary N) is 1. The summed E-state index contributed by atoms with van der Waals surface area (Å²) in [6.07, 6.45) is 1.54. The second-order valence-corrected chi connectivity index (χ2v) is 5.62. The minimum Gasteiger partial charge on any atom is -0.368 e. The summed E-state index contributed by atoms with van der Waals surface area (Å²) >= 11 is 1.45. The highest BCUT2D eigenvalue weighted by Crippen LogP contribution is 2.28. The molecule has 5 nitrogen and oxygen atoms in total. The summed E-state index contributed by atoms with van der Waals surface area (Å²) in [5.74, 6) is -0.0832. The molecule has 1 aromatic rings. The van der Waals surface area contributed by atoms with Gasteiger partial charge in [-0.05, 0) is 24.3 Å². The highest BCUT2D eigenvalue weighted by molar-refractivity contribution is 7.11. The number of thiophene rings is 1. The van der Waals surface area contributed by atoms with Crippen LogP contribution >= 0.6 is 11.3 Å². The van der Waals surface area contributed by atoms with Crippen molar-refractivity contribution in [1.82, 2.24) is 5.32 Å². The zero-order chi connectivity index (χ0) is 13.8. The van der Waals surface area contributed by atoms with Crippen LogP contribution < -0.4 is 16.0 Å². The van der Waals surface area contributed by atoms with Gasteiger partial charge in [-0.1, -0.05) is 6.92 Å². The number of rotatable bonds is 4. The molecular weight excluding hydrogens is 260 g/mol. The molecule has 1 aromatic heterocycles. The van der Waals surface area contributed by atoms with E-state index in [2.05, 4.69) is 16.3 Å². The molecule has 0 unspecified atom stereocenters. The Morgan fingerprint density at radius 1 is 1.79 bits per heavy atom. The van der Waals surface area contributed by atoms with Crippen LogP contribution in [0.2, 0.25) is 0 Å². The Morgan fingerprint density at radius 2 is 2.58 bits per heavy atom. The van der Waals surface area contributed by atoms with Crippen LogP contribution in [0.5, 0.6) is 0 Å². The number of nitriles is 1. The van der Waals surface area contributed by atoms with Crippen LogP contribution in [0.25, 0.3) is 0 Å². The lowest BCUT2D eigenvalue weighted by Crippen LogP contribution is -2.46. The molecule has 0 spiro atoms. The van der Waals surface area contributed by atoms with Crippen LogP contribution in [-0.2, 0) is 4.79 Å². The first-order valence-corrected chi connectivity index (χ1v) is 7.32. The van der Waals surface area contributed by atoms with Crippen molar-refractivity contribution < 1.29 is 4.79 Å². The molecule has 2 atom stereocenters. The van der Waals surface area contributed by atoms with E-state index in [0.29, 0.717) is 6.42 Å². The number of carbonyl (C=O) groups is 1. The summed E-state index contributed by atoms with van der Waals surface area (Å²) in [6, 6.07) is 3.86. The lowest BCUT2D eigenvalue weighted by Gasteiger charge is -2.19. The summed E-state index contributed by atoms with van der Waals surface area (Å²) in [4.78, 5) is 14.6. The second-order valence-electron chi connectivity index (χ2n) is 4.70. The predicted octanol–water partition coefficient (Wildman–Crippen LogP) is 1.05. The molecule has 6 heteroatoms. The van der Waals surface area contributed by atoms with Gasteiger partial charge < -0.3 is 16.0 Å². The van der Waals surface area contributed by atoms with E-state index in [-0.39, 0.29) is 11.9 Å². The van der Waals surface area contributed by atoms with Gasteiger partial charge in [0.15, 0.2) is 0 Å². The molecule has 1 fully saturated rings. The zero-order valence-electron chi connectivity index (χ0n) is 10.9. The third-order valence-corrected chi connectivity index (χ3v) is 4.21. The molecule has 0 saturated carbocycles. The van der Waals surface area contributed by atoms with Gasteiger partial charge in [0, 0.05) is 19.1 Å². The number of amides is 1. The van der Waals surface area contributed by atoms with E-state index in [4.69, 9.17) is 11.0 Å². The van der Waals surface area contributed by atoms with E-state index >= 15 is 0 Å². The number of hydrogen-bond donors (Lipinski definition) is 2. The predicted molar refractivity (Wildman–Crippen MR) is 76.1 cm³/mol. The quantitative estimate of drug-likeness (QED) is 0.862. The molecule has 0 aromatic carbocycles. The molecule has 19 heavy (non-hydrogen) atoms. The highest BCUT2D eigenvalue weighted by Gasteiger charge is 2.26. The van der Waals surface area contributed by atoms with Crippen molar-refractivity contribution in [3.8, 4) is 6.07 Å². The van der Waals surface area contributed by atoms with Gasteiger partial charge in [0.2, 0.25) is 5.91 Å². The van der Waals surface area contributed by atoms with Gasteiger partial charge in [0.05, 0.1) is 11.7 Å². The van der Waals surface area contributed by atoms with Gasteiger partial charge in [-0.3, -0.25) is 4.79 Å². The van der Waals surface area contributed by atoms with Crippen molar-refractivity contribution in [1.29, 1.82) is 5.26 Å². The van der Waals surface area contributed by atoms with Gasteiger partial charge in [-0.2, -0.15) is 5.26 Å². The molecule has 2 heterocycles. The Kier molecular flexibility index (Phi) is 4.40. The van der Waals surface area contributed by atoms with Crippen molar-refractivity contribution >= 4 is 22.9 Å². The summed E-state index contributed by atoms with van der Waals surface area (Å²) < 4.78 is 0. The van der Waals surface area contributed by atoms with Crippen molar-refractivity contribution in [2.24, 2.45) is 5.73 Å². The molecule has 1 aliphatic rings. The van der Waals surface area contributed by atoms with Crippen LogP contribution in [0.3, 0.4) is 0 Å². The maximum Gasteiger partial charge on any atom is 0.237 e. The maximum absolute atomic E-state index is 11.7. The van der Waals surface area contributed by atoms with Crippen molar-refractivity contribution in [2.45, 2.75) is 31.8 Å². The molecule has 0 bridgehead atoms. The average Bonchev–Trinajstić information content (AvgIpc) is 3.05. The molecule has 1 amide bonds. The Bertz CT molecular complexity index is 493. The molecule has 102 valence electrons. The summed E-state index contributed by atoms with van der Waals surface area (Å²) in [6.45, 7) is 3.50. The molecule has 0 aliphatic carbocycles. The topological polar surface area (TPSA) is 82.2 Å². The van der Waals surface area contributed by atoms with Crippen molar-refractivity contribution in [2.75, 3.05) is 18.0 Å². The highest BCUT2D eigenvalue weighted by atomic mass is 32.1. The van der Waals surface area contributed by atoms with Gasteiger partial charge in [-0.25, -0.2) is 0 Å². The minimum atomic E-state index is -0.426. The standard InChI is InChI=1S/C13H18N4OS/c1-2-10(15)13(18)16-9-3-5-17(8-9)11-4-6-19-12(11)7-14/h4,6,9-10H,2-3,5,8,15H2,1H3,(H,16,18)/t9-,10-/m0/s1. The summed E-state index contributed by atoms with van der Waals surface area (Å²) in [5.41, 5.74) is 6.68. The van der Waals surface area contributed by atoms with Crippen LogP contribution in [0.4, 0.5) is 5.69 Å². The zero-order valence-corrected chi connectivity index (χ0v) is 11.7. The van der Waals surface area contributed by atoms with Gasteiger partial charge in [-0.15, -0.1) is 11.3 Å². The van der Waals surface area contributed by atoms with E-state index in [1.54, 1.807) is 0 Å². The molecule has 3 N–H and O–H groups in total. The number of anilines is 1. The van der Waals surface area contributed by atoms with E-state index in [9.17, 15) is 4.79 Å². The first-order valence-electron chi connectivity index (χ1n) is 6.44. The largest absolute Gasteiger partial charge is 0.368 e. The fourth-order valence-electron chi connectivity index (χ4n) is 2.23. The van der Waals surface area contributed by atoms with Gasteiger partial charge in [0.1, 0.15) is 10.9 Å². The lowest BCUT2D eigenvalue weighted by molar-refractivity contribution is -0.123. The Labute approximate surface area is 117 Å². The minimum absolute atomic E-state index is 0.0832. The third-order valence-electron chi connectivity index (χ3n) is 3.40. The van der Waals surface area contributed by atoms with E-state index in [1.165, 1.54) is 11.3 Å². The summed E-state index contributed by atoms with van der Waals surface area (Å²) in [5, 5.41) is 13.9. The lowest BCUT2D eigenvalue weighted by atomic mass is 10.2. The van der Waals surface area contributed by atoms with Crippen molar-refractivity contribution in [3.05, 3.63) is 16.3 Å². The number of nitrogens with zero attached hydrogens (tertiary/aromatic N) is 2. The monoisotopic (exact) mass is 278 g/mol. The molecule has 1 aliphatic heterocycles. The maximum atomic E-state index is 11.7. The average molecular weight is 278 g/mol. The Hall–Kier alpha value is -1.58. The Morgan fingerprint density at radius 3 is 3.26 bits per heavy atom. The summed E-state index contributed by atoms with van der Waals surface area (Å²) in [7, 11) is 0. The Balaban J connectivity index is 1.94. The van der Waals surface area contributed by atoms with Crippen LogP contribution in [0.1, 0.15) is 24.6 Å². The second kappa shape index (κ2) is 6.04. The first kappa shape index (κ1) is 13.8. The molecule has 0 radical (unpaired) electrons. The number of carbonyl (C=O) groups excluding carboxylic acids is 1. The van der Waals surface area contributed by atoms with Gasteiger partial charge in [0.25, 0.3) is 0 Å². The van der Waals surface area contributed by atoms with Gasteiger partial charge >= 0.3 is 0 Å². The van der Waals surface area contributed by atoms with Crippen LogP contribution in [0, 0.1) is 11.3 Å². The van der Waals surface area contributed by atoms with Crippen LogP contribution in [0.15, 0.2) is 11.4 Å². The van der Waals surface area contributed by atoms with Crippen LogP contribution in [-0.4, -0.2) is 31.1 Å². The van der Waals surface area contributed by atoms with E-state index in [1.807, 2.05) is 18.4 Å². The molecule has 2 rings (SSSR count). The number of hydrogen-bond acceptors (Lipinski definition) is 5. The normalized spacial score (nSPS) is 20.1. The van der Waals surface area contributed by atoms with E-state index < -0.39 is 6.04 Å². The van der Waals surface area contributed by atoms with Crippen molar-refractivity contribution in [3.63, 3.8) is 0 Å². The van der Waals surface area contributed by atoms with E-state index in [0.717, 1.165) is 30.1 Å². The third kappa shape index (κ3) is 3.06. The fourth-order valence-corrected chi connectivity index (χ4v) is 2.93. The fraction of sp³-hybridized carbons (Fsp3) is 0.538. The smallest absolute Gasteiger partial charge is 0.237 e. The first-order chi connectivity index (χ1) is 9.15. The molecular formula is C13H18N4OS. The number of nitrogens with one attached hydrogen (secondary N) is 1. The SMILES string of the molecule is CC[C@H](N)C(=O)N[C@H]1CCN(c2ccsc2C#N)C1. The molecule has 1 saturated heterocycles.